The van der Waals surface area contributed by atoms with Crippen LogP contribution < -0.4 is 0 Å². The molecule has 12 heavy (non-hydrogen) atoms. The molecule has 0 unspecified atom stereocenters. The van der Waals surface area contributed by atoms with Gasteiger partial charge in [0, 0.05) is 9.80 Å². The van der Waals surface area contributed by atoms with Gasteiger partial charge in [0.2, 0.25) is 0 Å². The maximum absolute atomic E-state index is 13.3. The van der Waals surface area contributed by atoms with Gasteiger partial charge in [0.1, 0.15) is 17.4 Å². The molecule has 0 spiro atoms. The zero-order valence-electron chi connectivity index (χ0n) is 5.94. The van der Waals surface area contributed by atoms with Gasteiger partial charge in [-0.2, -0.15) is 5.26 Å². The number of alkyl halides is 1. The van der Waals surface area contributed by atoms with Crippen molar-refractivity contribution in [1.29, 1.82) is 5.26 Å². The van der Waals surface area contributed by atoms with Crippen LogP contribution >= 0.6 is 31.9 Å². The highest BCUT2D eigenvalue weighted by Crippen LogP contribution is 2.23. The molecule has 0 N–H and O–H groups in total. The van der Waals surface area contributed by atoms with Crippen molar-refractivity contribution >= 4 is 31.9 Å². The van der Waals surface area contributed by atoms with Crippen LogP contribution in [0.4, 0.5) is 4.39 Å². The number of nitriles is 1. The fraction of sp³-hybridized carbons (Fsp3) is 0.125. The van der Waals surface area contributed by atoms with Gasteiger partial charge in [0.15, 0.2) is 0 Å². The van der Waals surface area contributed by atoms with Gasteiger partial charge < -0.3 is 0 Å². The lowest BCUT2D eigenvalue weighted by molar-refractivity contribution is 0.613. The highest BCUT2D eigenvalue weighted by molar-refractivity contribution is 9.10. The zero-order valence-corrected chi connectivity index (χ0v) is 9.11. The largest absolute Gasteiger partial charge is 0.205 e. The Bertz CT molecular complexity index is 344. The van der Waals surface area contributed by atoms with Crippen molar-refractivity contribution in [2.24, 2.45) is 0 Å². The molecule has 0 aliphatic carbocycles. The molecule has 1 aromatic rings. The Hall–Kier alpha value is -0.400. The molecule has 0 aromatic heterocycles. The topological polar surface area (TPSA) is 23.8 Å². The van der Waals surface area contributed by atoms with Crippen molar-refractivity contribution in [2.75, 3.05) is 0 Å². The van der Waals surface area contributed by atoms with E-state index >= 15 is 0 Å². The van der Waals surface area contributed by atoms with Gasteiger partial charge in [-0.3, -0.25) is 0 Å². The standard InChI is InChI=1S/C8H4Br2FN/c9-3-5-1-2-7(10)6(4-12)8(5)11/h1-2H,3H2. The third-order valence-corrected chi connectivity index (χ3v) is 2.69. The maximum atomic E-state index is 13.3. The minimum absolute atomic E-state index is 0.0620. The minimum Gasteiger partial charge on any atom is -0.205 e. The van der Waals surface area contributed by atoms with Crippen LogP contribution in [-0.2, 0) is 5.33 Å². The molecule has 62 valence electrons. The van der Waals surface area contributed by atoms with Crippen LogP contribution in [0, 0.1) is 17.1 Å². The smallest absolute Gasteiger partial charge is 0.146 e. The van der Waals surface area contributed by atoms with Crippen LogP contribution in [0.3, 0.4) is 0 Å². The summed E-state index contributed by atoms with van der Waals surface area (Å²) in [6, 6.07) is 5.09. The second kappa shape index (κ2) is 4.01. The first kappa shape index (κ1) is 9.69. The number of halogens is 3. The second-order valence-electron chi connectivity index (χ2n) is 2.14. The van der Waals surface area contributed by atoms with E-state index in [1.54, 1.807) is 18.2 Å². The van der Waals surface area contributed by atoms with Crippen LogP contribution in [0.15, 0.2) is 16.6 Å². The van der Waals surface area contributed by atoms with E-state index in [1.807, 2.05) is 0 Å². The van der Waals surface area contributed by atoms with Crippen molar-refractivity contribution < 1.29 is 4.39 Å². The third kappa shape index (κ3) is 1.67. The molecule has 0 fully saturated rings. The van der Waals surface area contributed by atoms with E-state index in [4.69, 9.17) is 5.26 Å². The molecule has 1 aromatic carbocycles. The van der Waals surface area contributed by atoms with Gasteiger partial charge in [-0.1, -0.05) is 22.0 Å². The molecular weight excluding hydrogens is 289 g/mol. The Morgan fingerprint density at radius 2 is 2.17 bits per heavy atom. The molecule has 4 heteroatoms. The van der Waals surface area contributed by atoms with Gasteiger partial charge in [-0.25, -0.2) is 4.39 Å². The first-order valence-corrected chi connectivity index (χ1v) is 5.05. The van der Waals surface area contributed by atoms with Crippen LogP contribution in [0.1, 0.15) is 11.1 Å². The average molecular weight is 293 g/mol. The molecule has 0 saturated carbocycles. The van der Waals surface area contributed by atoms with Crippen molar-refractivity contribution in [3.63, 3.8) is 0 Å². The van der Waals surface area contributed by atoms with E-state index in [2.05, 4.69) is 31.9 Å². The summed E-state index contributed by atoms with van der Waals surface area (Å²) >= 11 is 6.22. The molecular formula is C8H4Br2FN. The van der Waals surface area contributed by atoms with Gasteiger partial charge in [-0.05, 0) is 27.6 Å². The highest BCUT2D eigenvalue weighted by Gasteiger charge is 2.09. The molecule has 0 bridgehead atoms. The number of hydrogen-bond donors (Lipinski definition) is 0. The Kier molecular flexibility index (Phi) is 3.24. The van der Waals surface area contributed by atoms with E-state index in [0.29, 0.717) is 15.4 Å². The first-order valence-electron chi connectivity index (χ1n) is 3.13. The summed E-state index contributed by atoms with van der Waals surface area (Å²) in [5.74, 6) is -0.455. The summed E-state index contributed by atoms with van der Waals surface area (Å²) in [7, 11) is 0. The molecule has 0 atom stereocenters. The first-order chi connectivity index (χ1) is 5.70. The van der Waals surface area contributed by atoms with Crippen LogP contribution in [0.5, 0.6) is 0 Å². The predicted octanol–water partition coefficient (Wildman–Crippen LogP) is 3.35. The predicted molar refractivity (Wildman–Crippen MR) is 51.4 cm³/mol. The summed E-state index contributed by atoms with van der Waals surface area (Å²) in [4.78, 5) is 0. The Morgan fingerprint density at radius 3 is 2.67 bits per heavy atom. The zero-order chi connectivity index (χ0) is 9.14. The van der Waals surface area contributed by atoms with E-state index in [1.165, 1.54) is 0 Å². The Labute approximate surface area is 86.5 Å². The summed E-state index contributed by atoms with van der Waals surface area (Å²) in [6.07, 6.45) is 0. The van der Waals surface area contributed by atoms with Gasteiger partial charge in [0.25, 0.3) is 0 Å². The monoisotopic (exact) mass is 291 g/mol. The lowest BCUT2D eigenvalue weighted by atomic mass is 10.1. The second-order valence-corrected chi connectivity index (χ2v) is 3.56. The molecule has 0 saturated heterocycles. The van der Waals surface area contributed by atoms with E-state index < -0.39 is 5.82 Å². The molecule has 1 nitrogen and oxygen atoms in total. The van der Waals surface area contributed by atoms with Crippen LogP contribution in [0.2, 0.25) is 0 Å². The molecule has 0 amide bonds. The fourth-order valence-corrected chi connectivity index (χ4v) is 1.63. The number of benzene rings is 1. The quantitative estimate of drug-likeness (QED) is 0.728. The van der Waals surface area contributed by atoms with Gasteiger partial charge >= 0.3 is 0 Å². The summed E-state index contributed by atoms with van der Waals surface area (Å²) in [5, 5.41) is 9.00. The van der Waals surface area contributed by atoms with Crippen molar-refractivity contribution in [3.8, 4) is 6.07 Å². The van der Waals surface area contributed by atoms with Crippen molar-refractivity contribution in [1.82, 2.24) is 0 Å². The maximum Gasteiger partial charge on any atom is 0.146 e. The fourth-order valence-electron chi connectivity index (χ4n) is 0.801. The molecule has 0 heterocycles. The average Bonchev–Trinajstić information content (AvgIpc) is 2.06. The van der Waals surface area contributed by atoms with Gasteiger partial charge in [-0.15, -0.1) is 0 Å². The summed E-state index contributed by atoms with van der Waals surface area (Å²) < 4.78 is 13.7. The lowest BCUT2D eigenvalue weighted by Crippen LogP contribution is -1.91. The van der Waals surface area contributed by atoms with Gasteiger partial charge in [0.05, 0.1) is 0 Å². The lowest BCUT2D eigenvalue weighted by Gasteiger charge is -2.01. The molecule has 1 rings (SSSR count). The number of hydrogen-bond acceptors (Lipinski definition) is 1. The summed E-state index contributed by atoms with van der Waals surface area (Å²) in [6.45, 7) is 0. The third-order valence-electron chi connectivity index (χ3n) is 1.43. The minimum atomic E-state index is -0.455. The van der Waals surface area contributed by atoms with Crippen molar-refractivity contribution in [2.45, 2.75) is 5.33 Å². The van der Waals surface area contributed by atoms with E-state index in [-0.39, 0.29) is 5.56 Å². The van der Waals surface area contributed by atoms with Crippen molar-refractivity contribution in [3.05, 3.63) is 33.5 Å². The van der Waals surface area contributed by atoms with E-state index in [9.17, 15) is 4.39 Å². The molecule has 0 aliphatic rings. The molecule has 0 radical (unpaired) electrons. The summed E-state index contributed by atoms with van der Waals surface area (Å²) in [5.41, 5.74) is 0.557. The van der Waals surface area contributed by atoms with E-state index in [0.717, 1.165) is 0 Å². The Balaban J connectivity index is 3.36. The van der Waals surface area contributed by atoms with Crippen LogP contribution in [-0.4, -0.2) is 0 Å². The normalized spacial score (nSPS) is 9.50. The highest BCUT2D eigenvalue weighted by atomic mass is 79.9. The van der Waals surface area contributed by atoms with Crippen LogP contribution in [0.25, 0.3) is 0 Å². The molecule has 0 aliphatic heterocycles. The SMILES string of the molecule is N#Cc1c(Br)ccc(CBr)c1F. The Morgan fingerprint density at radius 1 is 1.50 bits per heavy atom. The number of nitrogens with zero attached hydrogens (tertiary/aromatic N) is 1. The number of rotatable bonds is 1.